The van der Waals surface area contributed by atoms with Crippen molar-refractivity contribution in [3.05, 3.63) is 75.8 Å². The number of carbonyl (C=O) groups excluding carboxylic acids is 1. The highest BCUT2D eigenvalue weighted by atomic mass is 79.9. The molecule has 6 nitrogen and oxygen atoms in total. The molecule has 156 valence electrons. The standard InChI is InChI=1S/C22H23BrFN5O/c1-28(2)19(15-4-3-5-17(24)12-15)13-25-22(30)20-21(14-6-7-14)29(27-26-20)18-10-8-16(23)9-11-18/h3-5,8-12,14,19H,6-7,13H2,1-2H3,(H,25,30). The molecule has 1 aliphatic carbocycles. The van der Waals surface area contributed by atoms with Crippen molar-refractivity contribution in [1.29, 1.82) is 0 Å². The van der Waals surface area contributed by atoms with Crippen LogP contribution < -0.4 is 5.32 Å². The van der Waals surface area contributed by atoms with E-state index in [9.17, 15) is 9.18 Å². The van der Waals surface area contributed by atoms with Crippen LogP contribution in [0.5, 0.6) is 0 Å². The molecule has 1 heterocycles. The third-order valence-electron chi connectivity index (χ3n) is 5.27. The number of nitrogens with one attached hydrogen (secondary N) is 1. The van der Waals surface area contributed by atoms with E-state index < -0.39 is 0 Å². The molecule has 1 unspecified atom stereocenters. The molecule has 2 aromatic carbocycles. The topological polar surface area (TPSA) is 63.1 Å². The molecule has 1 amide bonds. The summed E-state index contributed by atoms with van der Waals surface area (Å²) in [4.78, 5) is 14.9. The number of amides is 1. The molecule has 30 heavy (non-hydrogen) atoms. The van der Waals surface area contributed by atoms with Crippen molar-refractivity contribution in [3.63, 3.8) is 0 Å². The average Bonchev–Trinajstić information content (AvgIpc) is 3.46. The van der Waals surface area contributed by atoms with Gasteiger partial charge in [-0.15, -0.1) is 5.10 Å². The van der Waals surface area contributed by atoms with E-state index in [4.69, 9.17) is 0 Å². The largest absolute Gasteiger partial charge is 0.349 e. The van der Waals surface area contributed by atoms with Gasteiger partial charge in [-0.2, -0.15) is 0 Å². The quantitative estimate of drug-likeness (QED) is 0.563. The van der Waals surface area contributed by atoms with Gasteiger partial charge < -0.3 is 10.2 Å². The minimum Gasteiger partial charge on any atom is -0.349 e. The number of hydrogen-bond acceptors (Lipinski definition) is 4. The fourth-order valence-electron chi connectivity index (χ4n) is 3.53. The summed E-state index contributed by atoms with van der Waals surface area (Å²) < 4.78 is 16.4. The van der Waals surface area contributed by atoms with Gasteiger partial charge in [0.15, 0.2) is 5.69 Å². The molecule has 1 fully saturated rings. The van der Waals surface area contributed by atoms with Crippen LogP contribution in [0.1, 0.15) is 46.5 Å². The monoisotopic (exact) mass is 471 g/mol. The van der Waals surface area contributed by atoms with E-state index in [2.05, 4.69) is 31.6 Å². The van der Waals surface area contributed by atoms with Gasteiger partial charge >= 0.3 is 0 Å². The first-order valence-corrected chi connectivity index (χ1v) is 10.6. The minimum absolute atomic E-state index is 0.157. The summed E-state index contributed by atoms with van der Waals surface area (Å²) in [6.45, 7) is 0.338. The Balaban J connectivity index is 1.55. The Morgan fingerprint density at radius 1 is 1.27 bits per heavy atom. The molecule has 4 rings (SSSR count). The highest BCUT2D eigenvalue weighted by Gasteiger charge is 2.34. The zero-order valence-electron chi connectivity index (χ0n) is 16.8. The average molecular weight is 472 g/mol. The molecular formula is C22H23BrFN5O. The minimum atomic E-state index is -0.292. The van der Waals surface area contributed by atoms with E-state index in [1.54, 1.807) is 10.7 Å². The maximum absolute atomic E-state index is 13.7. The fourth-order valence-corrected chi connectivity index (χ4v) is 3.80. The molecule has 1 aliphatic rings. The van der Waals surface area contributed by atoms with Crippen molar-refractivity contribution in [2.75, 3.05) is 20.6 Å². The molecule has 0 aliphatic heterocycles. The van der Waals surface area contributed by atoms with Gasteiger partial charge in [-0.25, -0.2) is 9.07 Å². The van der Waals surface area contributed by atoms with Gasteiger partial charge in [0.25, 0.3) is 5.91 Å². The van der Waals surface area contributed by atoms with E-state index in [-0.39, 0.29) is 23.7 Å². The number of likely N-dealkylation sites (N-methyl/N-ethyl adjacent to an activating group) is 1. The Labute approximate surface area is 183 Å². The van der Waals surface area contributed by atoms with Gasteiger partial charge in [0.05, 0.1) is 17.4 Å². The van der Waals surface area contributed by atoms with Crippen LogP contribution in [0.2, 0.25) is 0 Å². The number of nitrogens with zero attached hydrogens (tertiary/aromatic N) is 4. The lowest BCUT2D eigenvalue weighted by molar-refractivity contribution is 0.0935. The first-order valence-electron chi connectivity index (χ1n) is 9.85. The van der Waals surface area contributed by atoms with Gasteiger partial charge in [0.1, 0.15) is 5.82 Å². The Morgan fingerprint density at radius 3 is 2.63 bits per heavy atom. The van der Waals surface area contributed by atoms with E-state index >= 15 is 0 Å². The first-order chi connectivity index (χ1) is 14.4. The van der Waals surface area contributed by atoms with Crippen molar-refractivity contribution in [3.8, 4) is 5.69 Å². The third-order valence-corrected chi connectivity index (χ3v) is 5.80. The lowest BCUT2D eigenvalue weighted by atomic mass is 10.1. The number of halogens is 2. The SMILES string of the molecule is CN(C)C(CNC(=O)c1nnn(-c2ccc(Br)cc2)c1C1CC1)c1cccc(F)c1. The van der Waals surface area contributed by atoms with E-state index in [0.717, 1.165) is 34.3 Å². The number of benzene rings is 2. The molecule has 1 aromatic heterocycles. The Bertz CT molecular complexity index is 1050. The molecular weight excluding hydrogens is 449 g/mol. The van der Waals surface area contributed by atoms with Gasteiger partial charge in [-0.3, -0.25) is 4.79 Å². The maximum atomic E-state index is 13.7. The Morgan fingerprint density at radius 2 is 2.00 bits per heavy atom. The van der Waals surface area contributed by atoms with Crippen molar-refractivity contribution in [2.24, 2.45) is 0 Å². The van der Waals surface area contributed by atoms with E-state index in [1.165, 1.54) is 12.1 Å². The summed E-state index contributed by atoms with van der Waals surface area (Å²) in [5.41, 5.74) is 2.89. The molecule has 0 bridgehead atoms. The summed E-state index contributed by atoms with van der Waals surface area (Å²) in [7, 11) is 3.81. The van der Waals surface area contributed by atoms with Crippen molar-refractivity contribution < 1.29 is 9.18 Å². The number of aromatic nitrogens is 3. The molecule has 1 saturated carbocycles. The van der Waals surface area contributed by atoms with Crippen molar-refractivity contribution >= 4 is 21.8 Å². The van der Waals surface area contributed by atoms with Gasteiger partial charge in [0.2, 0.25) is 0 Å². The molecule has 0 saturated heterocycles. The smallest absolute Gasteiger partial charge is 0.273 e. The summed E-state index contributed by atoms with van der Waals surface area (Å²) in [5, 5.41) is 11.4. The Kier molecular flexibility index (Phi) is 5.97. The van der Waals surface area contributed by atoms with Crippen molar-refractivity contribution in [1.82, 2.24) is 25.2 Å². The first kappa shape index (κ1) is 20.7. The van der Waals surface area contributed by atoms with Crippen LogP contribution in [0.25, 0.3) is 5.69 Å². The highest BCUT2D eigenvalue weighted by molar-refractivity contribution is 9.10. The zero-order valence-corrected chi connectivity index (χ0v) is 18.4. The summed E-state index contributed by atoms with van der Waals surface area (Å²) >= 11 is 3.44. The Hall–Kier alpha value is -2.58. The highest BCUT2D eigenvalue weighted by Crippen LogP contribution is 2.42. The van der Waals surface area contributed by atoms with Gasteiger partial charge in [-0.05, 0) is 68.9 Å². The van der Waals surface area contributed by atoms with Crippen LogP contribution in [0.3, 0.4) is 0 Å². The van der Waals surface area contributed by atoms with E-state index in [1.807, 2.05) is 49.3 Å². The van der Waals surface area contributed by atoms with Gasteiger partial charge in [0, 0.05) is 16.9 Å². The third kappa shape index (κ3) is 4.44. The number of rotatable bonds is 7. The number of hydrogen-bond donors (Lipinski definition) is 1. The normalized spacial score (nSPS) is 14.7. The predicted octanol–water partition coefficient (Wildman–Crippen LogP) is 4.08. The second-order valence-electron chi connectivity index (χ2n) is 7.73. The van der Waals surface area contributed by atoms with Crippen molar-refractivity contribution in [2.45, 2.75) is 24.8 Å². The number of carbonyl (C=O) groups is 1. The van der Waals surface area contributed by atoms with Crippen LogP contribution in [0.15, 0.2) is 53.0 Å². The molecule has 0 spiro atoms. The van der Waals surface area contributed by atoms with Crippen LogP contribution in [-0.4, -0.2) is 46.4 Å². The lowest BCUT2D eigenvalue weighted by Crippen LogP contribution is -2.35. The molecule has 3 aromatic rings. The maximum Gasteiger partial charge on any atom is 0.273 e. The van der Waals surface area contributed by atoms with E-state index in [0.29, 0.717) is 12.2 Å². The summed E-state index contributed by atoms with van der Waals surface area (Å²) in [6, 6.07) is 14.1. The molecule has 8 heteroatoms. The summed E-state index contributed by atoms with van der Waals surface area (Å²) in [6.07, 6.45) is 2.04. The molecule has 1 N–H and O–H groups in total. The molecule has 0 radical (unpaired) electrons. The fraction of sp³-hybridized carbons (Fsp3) is 0.318. The second kappa shape index (κ2) is 8.65. The second-order valence-corrected chi connectivity index (χ2v) is 8.65. The van der Waals surface area contributed by atoms with Crippen LogP contribution in [-0.2, 0) is 0 Å². The lowest BCUT2D eigenvalue weighted by Gasteiger charge is -2.25. The zero-order chi connectivity index (χ0) is 21.3. The van der Waals surface area contributed by atoms with Gasteiger partial charge in [-0.1, -0.05) is 33.3 Å². The van der Waals surface area contributed by atoms with Crippen LogP contribution in [0.4, 0.5) is 4.39 Å². The van der Waals surface area contributed by atoms with Crippen LogP contribution >= 0.6 is 15.9 Å². The molecule has 1 atom stereocenters. The predicted molar refractivity (Wildman–Crippen MR) is 116 cm³/mol. The van der Waals surface area contributed by atoms with Crippen LogP contribution in [0, 0.1) is 5.82 Å². The summed E-state index contributed by atoms with van der Waals surface area (Å²) in [5.74, 6) is -0.264.